The summed E-state index contributed by atoms with van der Waals surface area (Å²) >= 11 is 1.07. The van der Waals surface area contributed by atoms with E-state index in [4.69, 9.17) is 5.73 Å². The number of rotatable bonds is 4. The normalized spacial score (nSPS) is 10.4. The van der Waals surface area contributed by atoms with Gasteiger partial charge in [0.25, 0.3) is 5.91 Å². The average Bonchev–Trinajstić information content (AvgIpc) is 2.88. The van der Waals surface area contributed by atoms with Gasteiger partial charge in [-0.1, -0.05) is 11.3 Å². The summed E-state index contributed by atoms with van der Waals surface area (Å²) < 4.78 is 1.72. The highest BCUT2D eigenvalue weighted by Crippen LogP contribution is 2.10. The molecule has 0 unspecified atom stereocenters. The fourth-order valence-corrected chi connectivity index (χ4v) is 1.85. The third-order valence-corrected chi connectivity index (χ3v) is 2.84. The number of anilines is 1. The molecule has 2 heterocycles. The number of aryl methyl sites for hydroxylation is 1. The quantitative estimate of drug-likeness (QED) is 0.787. The van der Waals surface area contributed by atoms with E-state index in [1.54, 1.807) is 10.9 Å². The molecule has 90 valence electrons. The van der Waals surface area contributed by atoms with Gasteiger partial charge in [-0.25, -0.2) is 0 Å². The Morgan fingerprint density at radius 3 is 3.00 bits per heavy atom. The van der Waals surface area contributed by atoms with Crippen molar-refractivity contribution in [2.75, 3.05) is 12.3 Å². The fourth-order valence-electron chi connectivity index (χ4n) is 1.32. The number of hydrogen-bond donors (Lipinski definition) is 2. The second-order valence-electron chi connectivity index (χ2n) is 3.47. The molecular formula is C9H12N6OS. The average molecular weight is 252 g/mol. The highest BCUT2D eigenvalue weighted by atomic mass is 32.1. The predicted octanol–water partition coefficient (Wildman–Crippen LogP) is -0.174. The molecule has 17 heavy (non-hydrogen) atoms. The number of carbonyl (C=O) groups is 1. The second-order valence-corrected chi connectivity index (χ2v) is 4.48. The monoisotopic (exact) mass is 252 g/mol. The molecule has 0 aliphatic heterocycles. The van der Waals surface area contributed by atoms with Crippen LogP contribution in [0.4, 0.5) is 5.13 Å². The fraction of sp³-hybridized carbons (Fsp3) is 0.333. The van der Waals surface area contributed by atoms with Crippen molar-refractivity contribution in [1.29, 1.82) is 0 Å². The number of carbonyl (C=O) groups excluding carboxylic acids is 1. The lowest BCUT2D eigenvalue weighted by Gasteiger charge is -2.00. The number of nitrogens with two attached hydrogens (primary N) is 1. The van der Waals surface area contributed by atoms with Gasteiger partial charge in [0, 0.05) is 19.8 Å². The van der Waals surface area contributed by atoms with E-state index in [9.17, 15) is 4.79 Å². The maximum absolute atomic E-state index is 11.6. The number of nitrogens with one attached hydrogen (secondary N) is 1. The predicted molar refractivity (Wildman–Crippen MR) is 63.6 cm³/mol. The molecule has 2 rings (SSSR count). The molecule has 0 saturated heterocycles. The molecule has 2 aromatic rings. The summed E-state index contributed by atoms with van der Waals surface area (Å²) in [7, 11) is 1.85. The summed E-state index contributed by atoms with van der Waals surface area (Å²) in [5.41, 5.74) is 6.47. The first-order valence-electron chi connectivity index (χ1n) is 5.00. The van der Waals surface area contributed by atoms with Gasteiger partial charge in [-0.2, -0.15) is 5.10 Å². The topological polar surface area (TPSA) is 98.7 Å². The van der Waals surface area contributed by atoms with Crippen molar-refractivity contribution in [1.82, 2.24) is 25.3 Å². The molecule has 0 saturated carbocycles. The lowest BCUT2D eigenvalue weighted by molar-refractivity contribution is 0.0953. The Morgan fingerprint density at radius 1 is 1.59 bits per heavy atom. The minimum Gasteiger partial charge on any atom is -0.374 e. The van der Waals surface area contributed by atoms with Gasteiger partial charge < -0.3 is 11.1 Å². The van der Waals surface area contributed by atoms with E-state index in [2.05, 4.69) is 20.6 Å². The van der Waals surface area contributed by atoms with Crippen molar-refractivity contribution < 1.29 is 4.79 Å². The largest absolute Gasteiger partial charge is 0.374 e. The van der Waals surface area contributed by atoms with Crippen molar-refractivity contribution in [2.45, 2.75) is 6.42 Å². The Hall–Kier alpha value is -1.96. The number of amides is 1. The number of nitrogens with zero attached hydrogens (tertiary/aromatic N) is 4. The van der Waals surface area contributed by atoms with E-state index in [-0.39, 0.29) is 10.9 Å². The summed E-state index contributed by atoms with van der Waals surface area (Å²) in [6.45, 7) is 0.532. The van der Waals surface area contributed by atoms with E-state index >= 15 is 0 Å². The summed E-state index contributed by atoms with van der Waals surface area (Å²) in [5.74, 6) is -0.247. The zero-order valence-electron chi connectivity index (χ0n) is 9.25. The van der Waals surface area contributed by atoms with Gasteiger partial charge in [0.15, 0.2) is 0 Å². The first-order valence-corrected chi connectivity index (χ1v) is 5.81. The molecule has 0 atom stereocenters. The van der Waals surface area contributed by atoms with Crippen molar-refractivity contribution in [3.8, 4) is 0 Å². The highest BCUT2D eigenvalue weighted by molar-refractivity contribution is 7.16. The van der Waals surface area contributed by atoms with Gasteiger partial charge in [-0.3, -0.25) is 9.48 Å². The molecule has 0 aromatic carbocycles. The van der Waals surface area contributed by atoms with Crippen LogP contribution in [0.15, 0.2) is 12.4 Å². The number of hydrogen-bond acceptors (Lipinski definition) is 6. The maximum Gasteiger partial charge on any atom is 0.282 e. The number of nitrogen functional groups attached to an aromatic ring is 1. The van der Waals surface area contributed by atoms with Crippen LogP contribution in [0.1, 0.15) is 15.4 Å². The zero-order valence-corrected chi connectivity index (χ0v) is 10.1. The van der Waals surface area contributed by atoms with Crippen LogP contribution in [0.5, 0.6) is 0 Å². The molecule has 0 bridgehead atoms. The van der Waals surface area contributed by atoms with Crippen LogP contribution in [-0.4, -0.2) is 32.4 Å². The van der Waals surface area contributed by atoms with Crippen LogP contribution in [-0.2, 0) is 13.5 Å². The zero-order chi connectivity index (χ0) is 12.3. The van der Waals surface area contributed by atoms with Gasteiger partial charge in [0.1, 0.15) is 0 Å². The highest BCUT2D eigenvalue weighted by Gasteiger charge is 2.10. The third kappa shape index (κ3) is 3.00. The molecule has 8 heteroatoms. The minimum absolute atomic E-state index is 0.247. The Labute approximate surface area is 102 Å². The standard InChI is InChI=1S/C9H12N6OS/c1-15-5-6(4-12-15)2-3-11-7(16)8-13-14-9(10)17-8/h4-5H,2-3H2,1H3,(H2,10,14)(H,11,16). The van der Waals surface area contributed by atoms with E-state index in [0.717, 1.165) is 23.3 Å². The molecule has 0 spiro atoms. The third-order valence-electron chi connectivity index (χ3n) is 2.09. The summed E-state index contributed by atoms with van der Waals surface area (Å²) in [6.07, 6.45) is 4.41. The van der Waals surface area contributed by atoms with Crippen molar-refractivity contribution in [3.05, 3.63) is 23.0 Å². The van der Waals surface area contributed by atoms with E-state index < -0.39 is 0 Å². The Kier molecular flexibility index (Phi) is 3.33. The molecule has 0 radical (unpaired) electrons. The maximum atomic E-state index is 11.6. The lowest BCUT2D eigenvalue weighted by Crippen LogP contribution is -2.25. The van der Waals surface area contributed by atoms with Gasteiger partial charge in [-0.15, -0.1) is 10.2 Å². The molecule has 0 fully saturated rings. The lowest BCUT2D eigenvalue weighted by atomic mass is 10.2. The molecule has 3 N–H and O–H groups in total. The van der Waals surface area contributed by atoms with Gasteiger partial charge in [0.05, 0.1) is 6.20 Å². The smallest absolute Gasteiger partial charge is 0.282 e. The Morgan fingerprint density at radius 2 is 2.41 bits per heavy atom. The van der Waals surface area contributed by atoms with Crippen LogP contribution in [0.2, 0.25) is 0 Å². The van der Waals surface area contributed by atoms with Crippen molar-refractivity contribution in [3.63, 3.8) is 0 Å². The van der Waals surface area contributed by atoms with Crippen LogP contribution < -0.4 is 11.1 Å². The molecule has 0 aliphatic rings. The van der Waals surface area contributed by atoms with Crippen LogP contribution >= 0.6 is 11.3 Å². The van der Waals surface area contributed by atoms with Gasteiger partial charge in [-0.05, 0) is 12.0 Å². The first-order chi connectivity index (χ1) is 8.15. The van der Waals surface area contributed by atoms with E-state index in [0.29, 0.717) is 11.7 Å². The summed E-state index contributed by atoms with van der Waals surface area (Å²) in [6, 6.07) is 0. The molecule has 7 nitrogen and oxygen atoms in total. The number of aromatic nitrogens is 4. The van der Waals surface area contributed by atoms with Gasteiger partial charge >= 0.3 is 0 Å². The van der Waals surface area contributed by atoms with Crippen LogP contribution in [0.3, 0.4) is 0 Å². The Balaban J connectivity index is 1.81. The van der Waals surface area contributed by atoms with Crippen molar-refractivity contribution in [2.24, 2.45) is 7.05 Å². The van der Waals surface area contributed by atoms with Crippen molar-refractivity contribution >= 4 is 22.4 Å². The minimum atomic E-state index is -0.247. The van der Waals surface area contributed by atoms with Crippen LogP contribution in [0.25, 0.3) is 0 Å². The first kappa shape index (κ1) is 11.5. The molecule has 1 amide bonds. The molecular weight excluding hydrogens is 240 g/mol. The SMILES string of the molecule is Cn1cc(CCNC(=O)c2nnc(N)s2)cn1. The summed E-state index contributed by atoms with van der Waals surface area (Å²) in [4.78, 5) is 11.6. The van der Waals surface area contributed by atoms with E-state index in [1.807, 2.05) is 13.2 Å². The van der Waals surface area contributed by atoms with Crippen LogP contribution in [0, 0.1) is 0 Å². The molecule has 0 aliphatic carbocycles. The summed E-state index contributed by atoms with van der Waals surface area (Å²) in [5, 5.41) is 14.6. The molecule has 2 aromatic heterocycles. The van der Waals surface area contributed by atoms with Gasteiger partial charge in [0.2, 0.25) is 10.1 Å². The second kappa shape index (κ2) is 4.91. The van der Waals surface area contributed by atoms with E-state index in [1.165, 1.54) is 0 Å². The Bertz CT molecular complexity index is 519.